The number of anilines is 2. The Bertz CT molecular complexity index is 1600. The fourth-order valence-corrected chi connectivity index (χ4v) is 6.17. The van der Waals surface area contributed by atoms with Gasteiger partial charge in [0.15, 0.2) is 5.57 Å². The number of nitrogens with one attached hydrogen (secondary N) is 1. The number of hydrogen-bond acceptors (Lipinski definition) is 7. The number of carbonyl (C=O) groups is 3. The standard InChI is InChI=1S/C30H33N3O7S/c1-2-3-4-7-15-32-22-11-6-5-10-20(22)17-31-21-16-19(13-14-23(21)32)9-8-12-24-27(36)33(18-25(34)35)28(41-24)26(29(37)38)30(39)40/h5-6,8-10,12-14,16,22,31H,2-4,7,11,15,17-18H2,1H3,(H,34,35)(H,37,38)(H,39,40)/b9-8+,24-12+. The Morgan fingerprint density at radius 2 is 1.90 bits per heavy atom. The molecule has 0 amide bonds. The van der Waals surface area contributed by atoms with E-state index >= 15 is 0 Å². The van der Waals surface area contributed by atoms with Crippen LogP contribution >= 0.6 is 11.3 Å². The zero-order valence-electron chi connectivity index (χ0n) is 22.7. The van der Waals surface area contributed by atoms with Crippen LogP contribution in [0.4, 0.5) is 11.4 Å². The molecule has 1 aromatic heterocycles. The molecule has 4 rings (SSSR count). The number of carboxylic acids is 3. The number of nitrogens with zero attached hydrogens (tertiary/aromatic N) is 2. The summed E-state index contributed by atoms with van der Waals surface area (Å²) in [7, 11) is 0. The monoisotopic (exact) mass is 579 g/mol. The van der Waals surface area contributed by atoms with Crippen LogP contribution in [0.15, 0.2) is 52.9 Å². The summed E-state index contributed by atoms with van der Waals surface area (Å²) in [6.07, 6.45) is 17.0. The summed E-state index contributed by atoms with van der Waals surface area (Å²) in [4.78, 5) is 49.7. The average molecular weight is 580 g/mol. The number of aliphatic carboxylic acids is 3. The van der Waals surface area contributed by atoms with Crippen molar-refractivity contribution in [2.45, 2.75) is 51.6 Å². The Labute approximate surface area is 240 Å². The highest BCUT2D eigenvalue weighted by Gasteiger charge is 2.28. The molecular formula is C30H33N3O7S. The summed E-state index contributed by atoms with van der Waals surface area (Å²) in [5, 5.41) is 31.4. The third-order valence-electron chi connectivity index (χ3n) is 7.05. The Morgan fingerprint density at radius 1 is 1.12 bits per heavy atom. The number of aromatic nitrogens is 1. The molecule has 10 nitrogen and oxygen atoms in total. The van der Waals surface area contributed by atoms with Crippen molar-refractivity contribution in [3.05, 3.63) is 73.2 Å². The predicted octanol–water partition coefficient (Wildman–Crippen LogP) is 2.88. The number of allylic oxidation sites excluding steroid dienone is 3. The number of thiazole rings is 1. The molecule has 0 fully saturated rings. The molecule has 11 heteroatoms. The maximum atomic E-state index is 12.9. The molecule has 1 aliphatic heterocycles. The van der Waals surface area contributed by atoms with Gasteiger partial charge < -0.3 is 25.5 Å². The van der Waals surface area contributed by atoms with E-state index in [1.165, 1.54) is 30.9 Å². The van der Waals surface area contributed by atoms with Crippen LogP contribution in [0.1, 0.15) is 44.6 Å². The number of carboxylic acid groups (broad SMARTS) is 3. The molecule has 2 aromatic rings. The molecule has 1 atom stereocenters. The lowest BCUT2D eigenvalue weighted by Gasteiger charge is -2.34. The lowest BCUT2D eigenvalue weighted by atomic mass is 9.96. The fourth-order valence-electron chi connectivity index (χ4n) is 5.08. The van der Waals surface area contributed by atoms with Crippen LogP contribution in [0.2, 0.25) is 0 Å². The minimum Gasteiger partial charge on any atom is -0.480 e. The van der Waals surface area contributed by atoms with Gasteiger partial charge >= 0.3 is 17.9 Å². The van der Waals surface area contributed by atoms with Gasteiger partial charge in [-0.3, -0.25) is 14.2 Å². The maximum Gasteiger partial charge on any atom is 0.346 e. The molecule has 0 saturated heterocycles. The minimum atomic E-state index is -1.76. The smallest absolute Gasteiger partial charge is 0.346 e. The van der Waals surface area contributed by atoms with Gasteiger partial charge in [-0.25, -0.2) is 9.59 Å². The van der Waals surface area contributed by atoms with E-state index in [-0.39, 0.29) is 4.53 Å². The second-order valence-corrected chi connectivity index (χ2v) is 10.9. The first kappa shape index (κ1) is 29.6. The quantitative estimate of drug-likeness (QED) is 0.233. The van der Waals surface area contributed by atoms with E-state index in [0.29, 0.717) is 21.9 Å². The van der Waals surface area contributed by atoms with Gasteiger partial charge in [0.1, 0.15) is 11.2 Å². The summed E-state index contributed by atoms with van der Waals surface area (Å²) in [5.74, 6) is -4.92. The van der Waals surface area contributed by atoms with Crippen molar-refractivity contribution >= 4 is 58.3 Å². The molecule has 4 N–H and O–H groups in total. The SMILES string of the molecule is CCCCCCN1c2ccc(/C=C/C=c3/sc(=C(C(=O)O)C(=O)O)n(CC(=O)O)c3=O)cc2NCC2=CC=CCC21. The molecular weight excluding hydrogens is 546 g/mol. The van der Waals surface area contributed by atoms with Gasteiger partial charge in [0.05, 0.1) is 21.9 Å². The zero-order chi connectivity index (χ0) is 29.5. The van der Waals surface area contributed by atoms with Crippen LogP contribution in [0.3, 0.4) is 0 Å². The first-order valence-corrected chi connectivity index (χ1v) is 14.3. The van der Waals surface area contributed by atoms with Crippen molar-refractivity contribution < 1.29 is 29.7 Å². The lowest BCUT2D eigenvalue weighted by Crippen LogP contribution is -2.38. The van der Waals surface area contributed by atoms with E-state index < -0.39 is 40.2 Å². The van der Waals surface area contributed by atoms with Crippen molar-refractivity contribution in [1.82, 2.24) is 4.57 Å². The Morgan fingerprint density at radius 3 is 2.61 bits per heavy atom. The van der Waals surface area contributed by atoms with Crippen LogP contribution in [0.5, 0.6) is 0 Å². The third kappa shape index (κ3) is 6.86. The van der Waals surface area contributed by atoms with Crippen molar-refractivity contribution in [1.29, 1.82) is 0 Å². The normalized spacial score (nSPS) is 16.5. The van der Waals surface area contributed by atoms with Gasteiger partial charge in [-0.2, -0.15) is 0 Å². The highest BCUT2D eigenvalue weighted by molar-refractivity contribution is 7.07. The highest BCUT2D eigenvalue weighted by atomic mass is 32.1. The van der Waals surface area contributed by atoms with Crippen LogP contribution in [-0.2, 0) is 20.9 Å². The molecule has 2 aliphatic rings. The number of fused-ring (bicyclic) bond motifs is 2. The van der Waals surface area contributed by atoms with Gasteiger partial charge in [-0.1, -0.05) is 62.6 Å². The largest absolute Gasteiger partial charge is 0.480 e. The summed E-state index contributed by atoms with van der Waals surface area (Å²) < 4.78 is 0.247. The van der Waals surface area contributed by atoms with E-state index in [1.807, 2.05) is 12.1 Å². The van der Waals surface area contributed by atoms with E-state index in [9.17, 15) is 34.5 Å². The van der Waals surface area contributed by atoms with Gasteiger partial charge in [0, 0.05) is 13.1 Å². The Kier molecular flexibility index (Phi) is 9.61. The van der Waals surface area contributed by atoms with Gasteiger partial charge in [-0.15, -0.1) is 11.3 Å². The van der Waals surface area contributed by atoms with Gasteiger partial charge in [-0.05, 0) is 42.2 Å². The Balaban J connectivity index is 1.68. The second kappa shape index (κ2) is 13.3. The Hall–Kier alpha value is -4.38. The molecule has 0 radical (unpaired) electrons. The number of hydrogen-bond donors (Lipinski definition) is 4. The zero-order valence-corrected chi connectivity index (χ0v) is 23.5. The molecule has 2 heterocycles. The maximum absolute atomic E-state index is 12.9. The second-order valence-electron chi connectivity index (χ2n) is 9.87. The van der Waals surface area contributed by atoms with Crippen molar-refractivity contribution in [3.8, 4) is 0 Å². The average Bonchev–Trinajstić information content (AvgIpc) is 3.12. The van der Waals surface area contributed by atoms with Gasteiger partial charge in [0.2, 0.25) is 0 Å². The highest BCUT2D eigenvalue weighted by Crippen LogP contribution is 2.36. The summed E-state index contributed by atoms with van der Waals surface area (Å²) >= 11 is 0.627. The fraction of sp³-hybridized carbons (Fsp3) is 0.333. The number of rotatable bonds is 11. The van der Waals surface area contributed by atoms with Crippen LogP contribution < -0.4 is 25.0 Å². The lowest BCUT2D eigenvalue weighted by molar-refractivity contribution is -0.139. The van der Waals surface area contributed by atoms with Crippen molar-refractivity contribution in [2.75, 3.05) is 23.3 Å². The predicted molar refractivity (Wildman–Crippen MR) is 160 cm³/mol. The molecule has 1 unspecified atom stereocenters. The van der Waals surface area contributed by atoms with E-state index in [4.69, 9.17) is 0 Å². The topological polar surface area (TPSA) is 149 Å². The van der Waals surface area contributed by atoms with Crippen LogP contribution in [-0.4, -0.2) is 56.9 Å². The number of unbranched alkanes of at least 4 members (excludes halogenated alkanes) is 3. The molecule has 1 aliphatic carbocycles. The third-order valence-corrected chi connectivity index (χ3v) is 8.20. The molecule has 0 spiro atoms. The van der Waals surface area contributed by atoms with Crippen molar-refractivity contribution in [2.24, 2.45) is 0 Å². The summed E-state index contributed by atoms with van der Waals surface area (Å²) in [6.45, 7) is 3.04. The first-order chi connectivity index (χ1) is 19.7. The van der Waals surface area contributed by atoms with Crippen LogP contribution in [0.25, 0.3) is 17.7 Å². The van der Waals surface area contributed by atoms with Gasteiger partial charge in [0.25, 0.3) is 5.56 Å². The van der Waals surface area contributed by atoms with E-state index in [1.54, 1.807) is 12.2 Å². The van der Waals surface area contributed by atoms with Crippen LogP contribution in [0, 0.1) is 0 Å². The molecule has 0 bridgehead atoms. The minimum absolute atomic E-state index is 0.0205. The summed E-state index contributed by atoms with van der Waals surface area (Å²) in [6, 6.07) is 6.42. The summed E-state index contributed by atoms with van der Waals surface area (Å²) in [5.41, 5.74) is 2.51. The first-order valence-electron chi connectivity index (χ1n) is 13.5. The van der Waals surface area contributed by atoms with E-state index in [2.05, 4.69) is 41.4 Å². The molecule has 216 valence electrons. The van der Waals surface area contributed by atoms with Crippen molar-refractivity contribution in [3.63, 3.8) is 0 Å². The molecule has 0 saturated carbocycles. The number of benzene rings is 1. The van der Waals surface area contributed by atoms with E-state index in [0.717, 1.165) is 42.9 Å². The molecule has 41 heavy (non-hydrogen) atoms. The molecule has 1 aromatic carbocycles.